The molecule has 0 amide bonds. The van der Waals surface area contributed by atoms with Gasteiger partial charge in [0.25, 0.3) is 6.43 Å². The third-order valence-electron chi connectivity index (χ3n) is 1.93. The molecular weight excluding hydrogens is 228 g/mol. The monoisotopic (exact) mass is 235 g/mol. The van der Waals surface area contributed by atoms with E-state index < -0.39 is 12.4 Å². The van der Waals surface area contributed by atoms with Crippen LogP contribution in [0.3, 0.4) is 0 Å². The molecule has 1 aromatic rings. The van der Waals surface area contributed by atoms with Gasteiger partial charge in [0.1, 0.15) is 0 Å². The number of pyridine rings is 1. The van der Waals surface area contributed by atoms with Crippen LogP contribution >= 0.6 is 11.6 Å². The van der Waals surface area contributed by atoms with Crippen molar-refractivity contribution in [2.75, 3.05) is 0 Å². The number of nitrogens with zero attached hydrogens (tertiary/aromatic N) is 1. The molecule has 0 unspecified atom stereocenters. The summed E-state index contributed by atoms with van der Waals surface area (Å²) in [6.07, 6.45) is -2.12. The Hall–Kier alpha value is -1.23. The summed E-state index contributed by atoms with van der Waals surface area (Å²) in [6, 6.07) is 0. The molecule has 0 aromatic carbocycles. The molecule has 1 heterocycles. The van der Waals surface area contributed by atoms with Crippen LogP contribution in [0.2, 0.25) is 5.02 Å². The fraction of sp³-hybridized carbons (Fsp3) is 0.333. The number of carboxylic acid groups (broad SMARTS) is 1. The maximum absolute atomic E-state index is 12.4. The van der Waals surface area contributed by atoms with E-state index in [4.69, 9.17) is 16.7 Å². The fourth-order valence-corrected chi connectivity index (χ4v) is 1.36. The van der Waals surface area contributed by atoms with Gasteiger partial charge in [-0.1, -0.05) is 11.6 Å². The molecule has 0 saturated carbocycles. The molecule has 1 aromatic heterocycles. The number of rotatable bonds is 3. The zero-order valence-corrected chi connectivity index (χ0v) is 8.55. The molecule has 0 aliphatic carbocycles. The highest BCUT2D eigenvalue weighted by atomic mass is 35.5. The van der Waals surface area contributed by atoms with Crippen LogP contribution in [0.4, 0.5) is 8.78 Å². The maximum Gasteiger partial charge on any atom is 0.309 e. The molecule has 15 heavy (non-hydrogen) atoms. The number of hydrogen-bond donors (Lipinski definition) is 1. The summed E-state index contributed by atoms with van der Waals surface area (Å²) in [5.74, 6) is -1.08. The van der Waals surface area contributed by atoms with Crippen LogP contribution in [0, 0.1) is 6.92 Å². The van der Waals surface area contributed by atoms with Gasteiger partial charge in [-0.15, -0.1) is 0 Å². The normalized spacial score (nSPS) is 10.7. The minimum atomic E-state index is -2.71. The van der Waals surface area contributed by atoms with E-state index in [9.17, 15) is 13.6 Å². The van der Waals surface area contributed by atoms with E-state index in [1.807, 2.05) is 0 Å². The minimum Gasteiger partial charge on any atom is -0.481 e. The van der Waals surface area contributed by atoms with Gasteiger partial charge in [0, 0.05) is 6.20 Å². The maximum atomic E-state index is 12.4. The average molecular weight is 236 g/mol. The van der Waals surface area contributed by atoms with Gasteiger partial charge in [-0.25, -0.2) is 8.78 Å². The Balaban J connectivity index is 3.15. The van der Waals surface area contributed by atoms with E-state index in [-0.39, 0.29) is 28.3 Å². The van der Waals surface area contributed by atoms with Crippen LogP contribution in [0.5, 0.6) is 0 Å². The number of alkyl halides is 2. The summed E-state index contributed by atoms with van der Waals surface area (Å²) < 4.78 is 24.7. The highest BCUT2D eigenvalue weighted by Crippen LogP contribution is 2.30. The SMILES string of the molecule is Cc1c(CC(=O)O)ncc(C(F)F)c1Cl. The van der Waals surface area contributed by atoms with Crippen LogP contribution in [-0.2, 0) is 11.2 Å². The van der Waals surface area contributed by atoms with Crippen molar-refractivity contribution in [1.82, 2.24) is 4.98 Å². The summed E-state index contributed by atoms with van der Waals surface area (Å²) in [5, 5.41) is 8.41. The predicted molar refractivity (Wildman–Crippen MR) is 50.3 cm³/mol. The van der Waals surface area contributed by atoms with E-state index in [1.54, 1.807) is 0 Å². The Bertz CT molecular complexity index is 396. The van der Waals surface area contributed by atoms with Crippen LogP contribution in [0.25, 0.3) is 0 Å². The van der Waals surface area contributed by atoms with Crippen molar-refractivity contribution in [3.8, 4) is 0 Å². The van der Waals surface area contributed by atoms with Crippen LogP contribution in [-0.4, -0.2) is 16.1 Å². The van der Waals surface area contributed by atoms with Crippen molar-refractivity contribution in [3.63, 3.8) is 0 Å². The van der Waals surface area contributed by atoms with E-state index in [0.29, 0.717) is 0 Å². The number of carboxylic acids is 1. The third-order valence-corrected chi connectivity index (χ3v) is 2.43. The molecule has 0 bridgehead atoms. The van der Waals surface area contributed by atoms with Crippen LogP contribution in [0.15, 0.2) is 6.20 Å². The lowest BCUT2D eigenvalue weighted by Crippen LogP contribution is -2.06. The zero-order chi connectivity index (χ0) is 11.6. The Labute approximate surface area is 89.7 Å². The molecule has 1 N–H and O–H groups in total. The van der Waals surface area contributed by atoms with Crippen LogP contribution in [0.1, 0.15) is 23.2 Å². The van der Waals surface area contributed by atoms with Crippen molar-refractivity contribution in [2.45, 2.75) is 19.8 Å². The molecule has 0 atom stereocenters. The first kappa shape index (κ1) is 11.8. The molecule has 0 spiro atoms. The first-order valence-corrected chi connectivity index (χ1v) is 4.45. The van der Waals surface area contributed by atoms with Crippen molar-refractivity contribution in [1.29, 1.82) is 0 Å². The van der Waals surface area contributed by atoms with Crippen molar-refractivity contribution < 1.29 is 18.7 Å². The minimum absolute atomic E-state index is 0.115. The quantitative estimate of drug-likeness (QED) is 0.876. The average Bonchev–Trinajstić information content (AvgIpc) is 2.12. The lowest BCUT2D eigenvalue weighted by molar-refractivity contribution is -0.136. The fourth-order valence-electron chi connectivity index (χ4n) is 1.12. The summed E-state index contributed by atoms with van der Waals surface area (Å²) in [4.78, 5) is 14.1. The summed E-state index contributed by atoms with van der Waals surface area (Å²) >= 11 is 5.66. The Morgan fingerprint density at radius 2 is 2.27 bits per heavy atom. The second kappa shape index (κ2) is 4.53. The largest absolute Gasteiger partial charge is 0.481 e. The lowest BCUT2D eigenvalue weighted by Gasteiger charge is -2.08. The van der Waals surface area contributed by atoms with E-state index in [1.165, 1.54) is 6.92 Å². The van der Waals surface area contributed by atoms with Crippen molar-refractivity contribution in [3.05, 3.63) is 28.0 Å². The summed E-state index contributed by atoms with van der Waals surface area (Å²) in [5.41, 5.74) is 0.122. The second-order valence-electron chi connectivity index (χ2n) is 2.97. The molecular formula is C9H8ClF2NO2. The first-order valence-electron chi connectivity index (χ1n) is 4.07. The molecule has 0 aliphatic heterocycles. The predicted octanol–water partition coefficient (Wildman–Crippen LogP) is 2.61. The molecule has 0 aliphatic rings. The molecule has 6 heteroatoms. The highest BCUT2D eigenvalue weighted by Gasteiger charge is 2.17. The zero-order valence-electron chi connectivity index (χ0n) is 7.80. The Morgan fingerprint density at radius 1 is 1.67 bits per heavy atom. The Morgan fingerprint density at radius 3 is 2.73 bits per heavy atom. The summed E-state index contributed by atoms with van der Waals surface area (Å²) in [7, 11) is 0. The van der Waals surface area contributed by atoms with Crippen LogP contribution < -0.4 is 0 Å². The molecule has 0 fully saturated rings. The van der Waals surface area contributed by atoms with Crippen molar-refractivity contribution in [2.24, 2.45) is 0 Å². The number of aliphatic carboxylic acids is 1. The van der Waals surface area contributed by atoms with Gasteiger partial charge in [0.05, 0.1) is 22.7 Å². The number of carbonyl (C=O) groups is 1. The topological polar surface area (TPSA) is 50.2 Å². The van der Waals surface area contributed by atoms with Gasteiger partial charge in [-0.05, 0) is 12.5 Å². The number of hydrogen-bond acceptors (Lipinski definition) is 2. The van der Waals surface area contributed by atoms with Gasteiger partial charge in [-0.3, -0.25) is 9.78 Å². The molecule has 1 rings (SSSR count). The first-order chi connectivity index (χ1) is 6.93. The smallest absolute Gasteiger partial charge is 0.309 e. The number of halogens is 3. The standard InChI is InChI=1S/C9H8ClF2NO2/c1-4-6(2-7(14)15)13-3-5(8(4)10)9(11)12/h3,9H,2H2,1H3,(H,14,15). The lowest BCUT2D eigenvalue weighted by atomic mass is 10.1. The van der Waals surface area contributed by atoms with Gasteiger partial charge in [0.2, 0.25) is 0 Å². The van der Waals surface area contributed by atoms with Gasteiger partial charge < -0.3 is 5.11 Å². The highest BCUT2D eigenvalue weighted by molar-refractivity contribution is 6.32. The molecule has 0 saturated heterocycles. The molecule has 82 valence electrons. The van der Waals surface area contributed by atoms with E-state index >= 15 is 0 Å². The number of aromatic nitrogens is 1. The van der Waals surface area contributed by atoms with Crippen molar-refractivity contribution >= 4 is 17.6 Å². The van der Waals surface area contributed by atoms with E-state index in [2.05, 4.69) is 4.98 Å². The van der Waals surface area contributed by atoms with Gasteiger partial charge in [-0.2, -0.15) is 0 Å². The third kappa shape index (κ3) is 2.62. The van der Waals surface area contributed by atoms with Gasteiger partial charge >= 0.3 is 5.97 Å². The summed E-state index contributed by atoms with van der Waals surface area (Å²) in [6.45, 7) is 1.47. The molecule has 3 nitrogen and oxygen atoms in total. The second-order valence-corrected chi connectivity index (χ2v) is 3.35. The van der Waals surface area contributed by atoms with Gasteiger partial charge in [0.15, 0.2) is 0 Å². The molecule has 0 radical (unpaired) electrons. The van der Waals surface area contributed by atoms with E-state index in [0.717, 1.165) is 6.20 Å². The Kier molecular flexibility index (Phi) is 3.57.